The SMILES string of the molecule is Cc1nn(C)c(C(=O)N2CCCC(COc3ccc(F)cc3)C2)c1Cl. The van der Waals surface area contributed by atoms with Crippen LogP contribution in [0.5, 0.6) is 5.75 Å². The van der Waals surface area contributed by atoms with Crippen molar-refractivity contribution in [2.24, 2.45) is 13.0 Å². The molecule has 0 spiro atoms. The molecule has 1 unspecified atom stereocenters. The highest BCUT2D eigenvalue weighted by Crippen LogP contribution is 2.25. The van der Waals surface area contributed by atoms with Crippen LogP contribution >= 0.6 is 11.6 Å². The molecule has 0 saturated carbocycles. The lowest BCUT2D eigenvalue weighted by molar-refractivity contribution is 0.0622. The van der Waals surface area contributed by atoms with Crippen molar-refractivity contribution in [1.82, 2.24) is 14.7 Å². The first kappa shape index (κ1) is 17.7. The Bertz CT molecular complexity index is 760. The number of carbonyl (C=O) groups excluding carboxylic acids is 1. The first-order valence-corrected chi connectivity index (χ1v) is 8.70. The molecule has 2 heterocycles. The minimum Gasteiger partial charge on any atom is -0.493 e. The maximum atomic E-state index is 12.9. The van der Waals surface area contributed by atoms with Gasteiger partial charge in [0, 0.05) is 26.1 Å². The molecular formula is C18H21ClFN3O2. The van der Waals surface area contributed by atoms with E-state index in [1.54, 1.807) is 30.8 Å². The summed E-state index contributed by atoms with van der Waals surface area (Å²) in [5.74, 6) is 0.482. The minimum atomic E-state index is -0.287. The third-order valence-corrected chi connectivity index (χ3v) is 4.91. The minimum absolute atomic E-state index is 0.0976. The Morgan fingerprint density at radius 3 is 2.76 bits per heavy atom. The van der Waals surface area contributed by atoms with Crippen LogP contribution in [0.3, 0.4) is 0 Å². The normalized spacial score (nSPS) is 17.6. The van der Waals surface area contributed by atoms with Crippen LogP contribution in [0.25, 0.3) is 0 Å². The number of ether oxygens (including phenoxy) is 1. The molecule has 134 valence electrons. The monoisotopic (exact) mass is 365 g/mol. The lowest BCUT2D eigenvalue weighted by Crippen LogP contribution is -2.42. The number of aryl methyl sites for hydroxylation is 2. The molecule has 1 fully saturated rings. The molecule has 1 aliphatic heterocycles. The summed E-state index contributed by atoms with van der Waals surface area (Å²) in [5, 5.41) is 4.62. The largest absolute Gasteiger partial charge is 0.493 e. The Labute approximate surface area is 151 Å². The van der Waals surface area contributed by atoms with Crippen LogP contribution in [-0.4, -0.2) is 40.3 Å². The summed E-state index contributed by atoms with van der Waals surface area (Å²) in [6, 6.07) is 5.97. The Morgan fingerprint density at radius 2 is 2.12 bits per heavy atom. The molecule has 1 aromatic heterocycles. The van der Waals surface area contributed by atoms with Gasteiger partial charge in [-0.05, 0) is 44.0 Å². The van der Waals surface area contributed by atoms with E-state index in [1.165, 1.54) is 12.1 Å². The van der Waals surface area contributed by atoms with E-state index in [0.717, 1.165) is 12.8 Å². The number of benzene rings is 1. The summed E-state index contributed by atoms with van der Waals surface area (Å²) < 4.78 is 20.2. The van der Waals surface area contributed by atoms with E-state index in [-0.39, 0.29) is 17.6 Å². The molecule has 1 aliphatic rings. The van der Waals surface area contributed by atoms with E-state index < -0.39 is 0 Å². The van der Waals surface area contributed by atoms with Gasteiger partial charge >= 0.3 is 0 Å². The summed E-state index contributed by atoms with van der Waals surface area (Å²) in [6.45, 7) is 3.59. The van der Waals surface area contributed by atoms with E-state index >= 15 is 0 Å². The smallest absolute Gasteiger partial charge is 0.273 e. The number of aromatic nitrogens is 2. The third-order valence-electron chi connectivity index (χ3n) is 4.46. The fourth-order valence-corrected chi connectivity index (χ4v) is 3.39. The molecule has 1 atom stereocenters. The lowest BCUT2D eigenvalue weighted by atomic mass is 9.98. The van der Waals surface area contributed by atoms with Crippen molar-refractivity contribution in [1.29, 1.82) is 0 Å². The topological polar surface area (TPSA) is 47.4 Å². The van der Waals surface area contributed by atoms with Crippen molar-refractivity contribution in [3.8, 4) is 5.75 Å². The van der Waals surface area contributed by atoms with Gasteiger partial charge in [-0.1, -0.05) is 11.6 Å². The second kappa shape index (κ2) is 7.44. The van der Waals surface area contributed by atoms with Gasteiger partial charge < -0.3 is 9.64 Å². The van der Waals surface area contributed by atoms with Crippen molar-refractivity contribution in [2.45, 2.75) is 19.8 Å². The fourth-order valence-electron chi connectivity index (χ4n) is 3.14. The Balaban J connectivity index is 1.62. The zero-order valence-corrected chi connectivity index (χ0v) is 15.1. The summed E-state index contributed by atoms with van der Waals surface area (Å²) in [5.41, 5.74) is 1.08. The van der Waals surface area contributed by atoms with E-state index in [2.05, 4.69) is 5.10 Å². The maximum Gasteiger partial charge on any atom is 0.273 e. The molecule has 7 heteroatoms. The summed E-state index contributed by atoms with van der Waals surface area (Å²) in [7, 11) is 1.73. The first-order chi connectivity index (χ1) is 12.0. The van der Waals surface area contributed by atoms with Crippen molar-refractivity contribution in [2.75, 3.05) is 19.7 Å². The molecule has 2 aromatic rings. The summed E-state index contributed by atoms with van der Waals surface area (Å²) in [4.78, 5) is 14.6. The summed E-state index contributed by atoms with van der Waals surface area (Å²) in [6.07, 6.45) is 1.90. The van der Waals surface area contributed by atoms with Crippen LogP contribution in [0.2, 0.25) is 5.02 Å². The number of amides is 1. The standard InChI is InChI=1S/C18H21ClFN3O2/c1-12-16(19)17(22(2)21-12)18(24)23-9-3-4-13(10-23)11-25-15-7-5-14(20)6-8-15/h5-8,13H,3-4,9-11H2,1-2H3. The zero-order valence-electron chi connectivity index (χ0n) is 14.3. The molecular weight excluding hydrogens is 345 g/mol. The molecule has 0 radical (unpaired) electrons. The fraction of sp³-hybridized carbons (Fsp3) is 0.444. The van der Waals surface area contributed by atoms with Gasteiger partial charge in [-0.15, -0.1) is 0 Å². The van der Waals surface area contributed by atoms with Gasteiger partial charge in [-0.25, -0.2) is 4.39 Å². The number of nitrogens with zero attached hydrogens (tertiary/aromatic N) is 3. The number of hydrogen-bond donors (Lipinski definition) is 0. The van der Waals surface area contributed by atoms with E-state index in [1.807, 2.05) is 4.90 Å². The van der Waals surface area contributed by atoms with Crippen LogP contribution in [0.15, 0.2) is 24.3 Å². The van der Waals surface area contributed by atoms with Crippen LogP contribution in [0.4, 0.5) is 4.39 Å². The predicted octanol–water partition coefficient (Wildman–Crippen LogP) is 3.45. The van der Waals surface area contributed by atoms with Gasteiger partial charge in [0.1, 0.15) is 17.3 Å². The molecule has 3 rings (SSSR count). The van der Waals surface area contributed by atoms with Crippen LogP contribution in [-0.2, 0) is 7.05 Å². The van der Waals surface area contributed by atoms with Gasteiger partial charge in [0.05, 0.1) is 17.3 Å². The molecule has 0 aliphatic carbocycles. The molecule has 1 amide bonds. The van der Waals surface area contributed by atoms with Gasteiger partial charge in [0.2, 0.25) is 0 Å². The zero-order chi connectivity index (χ0) is 18.0. The highest BCUT2D eigenvalue weighted by atomic mass is 35.5. The van der Waals surface area contributed by atoms with E-state index in [4.69, 9.17) is 16.3 Å². The number of rotatable bonds is 4. The Hall–Kier alpha value is -2.08. The quantitative estimate of drug-likeness (QED) is 0.833. The number of hydrogen-bond acceptors (Lipinski definition) is 3. The van der Waals surface area contributed by atoms with Gasteiger partial charge in [0.15, 0.2) is 0 Å². The maximum absolute atomic E-state index is 12.9. The molecule has 1 aromatic carbocycles. The second-order valence-corrected chi connectivity index (χ2v) is 6.77. The highest BCUT2D eigenvalue weighted by Gasteiger charge is 2.29. The average Bonchev–Trinajstić information content (AvgIpc) is 2.86. The van der Waals surface area contributed by atoms with Crippen LogP contribution in [0.1, 0.15) is 29.0 Å². The molecule has 0 N–H and O–H groups in total. The number of halogens is 2. The van der Waals surface area contributed by atoms with Crippen molar-refractivity contribution >= 4 is 17.5 Å². The molecule has 5 nitrogen and oxygen atoms in total. The van der Waals surface area contributed by atoms with Crippen molar-refractivity contribution < 1.29 is 13.9 Å². The van der Waals surface area contributed by atoms with Crippen molar-refractivity contribution in [3.63, 3.8) is 0 Å². The van der Waals surface area contributed by atoms with Crippen LogP contribution in [0, 0.1) is 18.7 Å². The van der Waals surface area contributed by atoms with Gasteiger partial charge in [-0.3, -0.25) is 9.48 Å². The van der Waals surface area contributed by atoms with Crippen molar-refractivity contribution in [3.05, 3.63) is 46.5 Å². The lowest BCUT2D eigenvalue weighted by Gasteiger charge is -2.32. The third kappa shape index (κ3) is 3.95. The van der Waals surface area contributed by atoms with Gasteiger partial charge in [0.25, 0.3) is 5.91 Å². The van der Waals surface area contributed by atoms with E-state index in [9.17, 15) is 9.18 Å². The highest BCUT2D eigenvalue weighted by molar-refractivity contribution is 6.34. The molecule has 1 saturated heterocycles. The number of carbonyl (C=O) groups is 1. The van der Waals surface area contributed by atoms with Gasteiger partial charge in [-0.2, -0.15) is 5.10 Å². The van der Waals surface area contributed by atoms with E-state index in [0.29, 0.717) is 41.9 Å². The second-order valence-electron chi connectivity index (χ2n) is 6.40. The molecule has 0 bridgehead atoms. The number of piperidine rings is 1. The summed E-state index contributed by atoms with van der Waals surface area (Å²) >= 11 is 6.23. The Kier molecular flexibility index (Phi) is 5.27. The first-order valence-electron chi connectivity index (χ1n) is 8.32. The number of likely N-dealkylation sites (tertiary alicyclic amines) is 1. The van der Waals surface area contributed by atoms with Crippen LogP contribution < -0.4 is 4.74 Å². The average molecular weight is 366 g/mol. The Morgan fingerprint density at radius 1 is 1.40 bits per heavy atom. The predicted molar refractivity (Wildman–Crippen MR) is 93.5 cm³/mol. The molecule has 25 heavy (non-hydrogen) atoms.